The number of quaternary nitrogens is 1. The van der Waals surface area contributed by atoms with Gasteiger partial charge in [0, 0.05) is 27.7 Å². The average molecular weight is 385 g/mol. The van der Waals surface area contributed by atoms with Crippen LogP contribution in [0, 0.1) is 5.92 Å². The Labute approximate surface area is 159 Å². The summed E-state index contributed by atoms with van der Waals surface area (Å²) in [5.74, 6) is 1.70. The van der Waals surface area contributed by atoms with Crippen molar-refractivity contribution in [3.63, 3.8) is 0 Å². The zero-order valence-electron chi connectivity index (χ0n) is 14.6. The number of aromatic nitrogens is 2. The lowest BCUT2D eigenvalue weighted by Crippen LogP contribution is -3.12. The summed E-state index contributed by atoms with van der Waals surface area (Å²) in [6.07, 6.45) is 7.20. The molecule has 4 nitrogen and oxygen atoms in total. The highest BCUT2D eigenvalue weighted by molar-refractivity contribution is 7.18. The lowest BCUT2D eigenvalue weighted by atomic mass is 9.96. The number of aryl methyl sites for hydroxylation is 2. The Morgan fingerprint density at radius 3 is 3.04 bits per heavy atom. The number of nitrogens with one attached hydrogen (secondary N) is 2. The number of thiophene rings is 2. The van der Waals surface area contributed by atoms with Gasteiger partial charge in [0.05, 0.1) is 11.9 Å². The van der Waals surface area contributed by atoms with Crippen molar-refractivity contribution in [2.24, 2.45) is 5.92 Å². The molecule has 0 saturated heterocycles. The van der Waals surface area contributed by atoms with Gasteiger partial charge in [-0.1, -0.05) is 0 Å². The van der Waals surface area contributed by atoms with Gasteiger partial charge in [0.25, 0.3) is 5.56 Å². The zero-order chi connectivity index (χ0) is 17.3. The molecule has 1 aliphatic heterocycles. The molecule has 3 aromatic heterocycles. The standard InChI is InChI=1S/C20H21N3OS2/c24-19-17-12-2-1-3-15(12)26-20(17)22-16(21-19)10-23-8-6-14-13(7-9-25-14)18(23)11-4-5-11/h7,9,11,18H,1-6,8,10H2,(H,21,22,24)/p+1/t18-/m1/s1. The van der Waals surface area contributed by atoms with Crippen LogP contribution in [-0.4, -0.2) is 16.5 Å². The van der Waals surface area contributed by atoms with Gasteiger partial charge >= 0.3 is 0 Å². The molecule has 134 valence electrons. The lowest BCUT2D eigenvalue weighted by Gasteiger charge is -2.32. The molecule has 1 saturated carbocycles. The molecule has 0 amide bonds. The van der Waals surface area contributed by atoms with E-state index >= 15 is 0 Å². The van der Waals surface area contributed by atoms with Gasteiger partial charge in [0.15, 0.2) is 5.82 Å². The number of H-pyrrole nitrogens is 1. The van der Waals surface area contributed by atoms with Crippen LogP contribution >= 0.6 is 22.7 Å². The lowest BCUT2D eigenvalue weighted by molar-refractivity contribution is -0.950. The van der Waals surface area contributed by atoms with Crippen LogP contribution in [0.1, 0.15) is 52.0 Å². The van der Waals surface area contributed by atoms with Crippen molar-refractivity contribution in [3.8, 4) is 0 Å². The molecule has 3 aromatic rings. The Hall–Kier alpha value is -1.50. The van der Waals surface area contributed by atoms with Gasteiger partial charge in [-0.15, -0.1) is 22.7 Å². The topological polar surface area (TPSA) is 50.2 Å². The minimum absolute atomic E-state index is 0.0833. The van der Waals surface area contributed by atoms with E-state index in [0.717, 1.165) is 54.3 Å². The molecule has 0 spiro atoms. The van der Waals surface area contributed by atoms with Crippen LogP contribution in [-0.2, 0) is 25.8 Å². The Morgan fingerprint density at radius 2 is 2.15 bits per heavy atom. The second-order valence-corrected chi connectivity index (χ2v) is 10.1. The van der Waals surface area contributed by atoms with E-state index in [-0.39, 0.29) is 5.56 Å². The molecule has 6 rings (SSSR count). The van der Waals surface area contributed by atoms with E-state index in [1.54, 1.807) is 26.7 Å². The number of nitrogens with zero attached hydrogens (tertiary/aromatic N) is 1. The van der Waals surface area contributed by atoms with Crippen LogP contribution < -0.4 is 10.5 Å². The fourth-order valence-corrected chi connectivity index (χ4v) is 7.25. The number of aromatic amines is 1. The first-order chi connectivity index (χ1) is 12.8. The van der Waals surface area contributed by atoms with Crippen molar-refractivity contribution in [1.29, 1.82) is 0 Å². The number of rotatable bonds is 3. The Bertz CT molecular complexity index is 1060. The summed E-state index contributed by atoms with van der Waals surface area (Å²) in [6, 6.07) is 2.94. The highest BCUT2D eigenvalue weighted by Gasteiger charge is 2.43. The summed E-state index contributed by atoms with van der Waals surface area (Å²) in [6.45, 7) is 1.99. The monoisotopic (exact) mass is 384 g/mol. The van der Waals surface area contributed by atoms with Crippen LogP contribution in [0.2, 0.25) is 0 Å². The second kappa shape index (κ2) is 5.75. The molecule has 3 aliphatic rings. The zero-order valence-corrected chi connectivity index (χ0v) is 16.3. The summed E-state index contributed by atoms with van der Waals surface area (Å²) >= 11 is 3.66. The third-order valence-corrected chi connectivity index (χ3v) is 8.52. The van der Waals surface area contributed by atoms with Gasteiger partial charge in [0.2, 0.25) is 0 Å². The van der Waals surface area contributed by atoms with Gasteiger partial charge in [-0.2, -0.15) is 0 Å². The van der Waals surface area contributed by atoms with Crippen LogP contribution in [0.3, 0.4) is 0 Å². The Morgan fingerprint density at radius 1 is 1.23 bits per heavy atom. The van der Waals surface area contributed by atoms with Crippen molar-refractivity contribution >= 4 is 32.9 Å². The quantitative estimate of drug-likeness (QED) is 0.729. The van der Waals surface area contributed by atoms with E-state index < -0.39 is 0 Å². The van der Waals surface area contributed by atoms with E-state index in [4.69, 9.17) is 4.98 Å². The number of fused-ring (bicyclic) bond motifs is 4. The van der Waals surface area contributed by atoms with Crippen molar-refractivity contribution in [2.75, 3.05) is 6.54 Å². The SMILES string of the molecule is O=c1[nH]c(C[NH+]2CCc3sccc3[C@H]2C2CC2)nc2sc3c(c12)CCC3. The molecule has 26 heavy (non-hydrogen) atoms. The summed E-state index contributed by atoms with van der Waals surface area (Å²) in [7, 11) is 0. The van der Waals surface area contributed by atoms with Gasteiger partial charge in [-0.25, -0.2) is 4.98 Å². The molecule has 1 unspecified atom stereocenters. The van der Waals surface area contributed by atoms with E-state index in [1.165, 1.54) is 29.7 Å². The molecule has 2 aliphatic carbocycles. The normalized spacial score (nSPS) is 24.8. The average Bonchev–Trinajstić information content (AvgIpc) is 3.02. The molecule has 1 fully saturated rings. The van der Waals surface area contributed by atoms with Crippen LogP contribution in [0.25, 0.3) is 10.2 Å². The van der Waals surface area contributed by atoms with E-state index in [9.17, 15) is 4.79 Å². The van der Waals surface area contributed by atoms with Gasteiger partial charge < -0.3 is 9.88 Å². The second-order valence-electron chi connectivity index (χ2n) is 8.00. The van der Waals surface area contributed by atoms with Crippen LogP contribution in [0.15, 0.2) is 16.2 Å². The molecule has 0 bridgehead atoms. The Kier molecular flexibility index (Phi) is 3.44. The van der Waals surface area contributed by atoms with E-state index in [0.29, 0.717) is 6.04 Å². The van der Waals surface area contributed by atoms with Crippen LogP contribution in [0.4, 0.5) is 0 Å². The van der Waals surface area contributed by atoms with E-state index in [1.807, 2.05) is 11.3 Å². The maximum Gasteiger partial charge on any atom is 0.260 e. The summed E-state index contributed by atoms with van der Waals surface area (Å²) in [5, 5.41) is 3.13. The summed E-state index contributed by atoms with van der Waals surface area (Å²) < 4.78 is 0. The fourth-order valence-electron chi connectivity index (χ4n) is 5.04. The number of hydrogen-bond acceptors (Lipinski definition) is 4. The largest absolute Gasteiger partial charge is 0.322 e. The minimum Gasteiger partial charge on any atom is -0.322 e. The predicted octanol–water partition coefficient (Wildman–Crippen LogP) is 2.63. The maximum absolute atomic E-state index is 12.8. The highest BCUT2D eigenvalue weighted by atomic mass is 32.1. The highest BCUT2D eigenvalue weighted by Crippen LogP contribution is 2.42. The summed E-state index contributed by atoms with van der Waals surface area (Å²) in [5.41, 5.74) is 2.92. The first kappa shape index (κ1) is 15.5. The van der Waals surface area contributed by atoms with Crippen molar-refractivity contribution < 1.29 is 4.90 Å². The molecule has 4 heterocycles. The maximum atomic E-state index is 12.8. The number of hydrogen-bond donors (Lipinski definition) is 2. The van der Waals surface area contributed by atoms with Gasteiger partial charge in [-0.05, 0) is 49.1 Å². The van der Waals surface area contributed by atoms with Crippen molar-refractivity contribution in [3.05, 3.63) is 48.5 Å². The van der Waals surface area contributed by atoms with Crippen LogP contribution in [0.5, 0.6) is 0 Å². The van der Waals surface area contributed by atoms with Gasteiger partial charge in [-0.3, -0.25) is 4.79 Å². The first-order valence-corrected chi connectivity index (χ1v) is 11.4. The molecular formula is C20H22N3OS2+. The third kappa shape index (κ3) is 2.35. The van der Waals surface area contributed by atoms with Crippen molar-refractivity contribution in [2.45, 2.75) is 51.1 Å². The molecule has 6 heteroatoms. The van der Waals surface area contributed by atoms with Gasteiger partial charge in [0.1, 0.15) is 17.4 Å². The van der Waals surface area contributed by atoms with Crippen molar-refractivity contribution in [1.82, 2.24) is 9.97 Å². The molecule has 2 atom stereocenters. The molecule has 2 N–H and O–H groups in total. The Balaban J connectivity index is 1.37. The smallest absolute Gasteiger partial charge is 0.260 e. The summed E-state index contributed by atoms with van der Waals surface area (Å²) in [4.78, 5) is 26.3. The minimum atomic E-state index is 0.0833. The van der Waals surface area contributed by atoms with E-state index in [2.05, 4.69) is 16.4 Å². The predicted molar refractivity (Wildman–Crippen MR) is 105 cm³/mol. The molecule has 0 radical (unpaired) electrons. The fraction of sp³-hybridized carbons (Fsp3) is 0.500. The third-order valence-electron chi connectivity index (χ3n) is 6.34. The molecule has 0 aromatic carbocycles. The molecular weight excluding hydrogens is 362 g/mol. The first-order valence-electron chi connectivity index (χ1n) is 9.72.